The van der Waals surface area contributed by atoms with E-state index in [1.54, 1.807) is 0 Å². The third kappa shape index (κ3) is 6.05. The maximum Gasteiger partial charge on any atom is 0.194 e. The Bertz CT molecular complexity index is 877. The molecule has 1 fully saturated rings. The molecule has 5 heteroatoms. The van der Waals surface area contributed by atoms with Crippen molar-refractivity contribution in [1.82, 2.24) is 0 Å². The van der Waals surface area contributed by atoms with E-state index in [0.29, 0.717) is 5.92 Å². The van der Waals surface area contributed by atoms with Crippen molar-refractivity contribution in [3.63, 3.8) is 0 Å². The van der Waals surface area contributed by atoms with Gasteiger partial charge in [-0.05, 0) is 55.2 Å². The number of hydrogen-bond donors (Lipinski definition) is 0. The van der Waals surface area contributed by atoms with Gasteiger partial charge in [-0.1, -0.05) is 63.4 Å². The summed E-state index contributed by atoms with van der Waals surface area (Å²) in [6, 6.07) is 11.8. The minimum Gasteiger partial charge on any atom is -0.204 e. The fourth-order valence-corrected chi connectivity index (χ4v) is 4.80. The normalized spacial score (nSPS) is 20.9. The van der Waals surface area contributed by atoms with Crippen LogP contribution in [0.3, 0.4) is 0 Å². The maximum absolute atomic E-state index is 13.5. The van der Waals surface area contributed by atoms with E-state index in [2.05, 4.69) is 24.1 Å². The Kier molecular flexibility index (Phi) is 8.44. The lowest BCUT2D eigenvalue weighted by Crippen LogP contribution is -2.26. The summed E-state index contributed by atoms with van der Waals surface area (Å²) < 4.78 is 40.1. The minimum atomic E-state index is -1.48. The number of nitrogens with zero attached hydrogens (tertiary/aromatic N) is 2. The quantitative estimate of drug-likeness (QED) is 0.235. The zero-order valence-electron chi connectivity index (χ0n) is 18.3. The van der Waals surface area contributed by atoms with Crippen molar-refractivity contribution >= 4 is 11.9 Å². The lowest BCUT2D eigenvalue weighted by Gasteiger charge is -2.34. The first-order chi connectivity index (χ1) is 15.0. The highest BCUT2D eigenvalue weighted by Gasteiger charge is 2.29. The van der Waals surface area contributed by atoms with Gasteiger partial charge in [0.25, 0.3) is 0 Å². The van der Waals surface area contributed by atoms with Crippen LogP contribution in [0.1, 0.15) is 69.9 Å². The Morgan fingerprint density at radius 3 is 2.23 bits per heavy atom. The molecule has 2 aromatic carbocycles. The lowest BCUT2D eigenvalue weighted by molar-refractivity contribution is 0.212. The standard InChI is InChI=1S/C26H31F3N2/c1-3-8-19(4-2)20-11-13-22(14-12-20)26(21-9-6-5-7-10-21)31-30-17-18-15-23(27)25(29)24(28)16-18/h5-7,9-10,15-17,19-20,22H,3-4,8,11-14H2,1-2H3. The Morgan fingerprint density at radius 1 is 1.00 bits per heavy atom. The monoisotopic (exact) mass is 428 g/mol. The Hall–Kier alpha value is -2.43. The maximum atomic E-state index is 13.5. The van der Waals surface area contributed by atoms with Gasteiger partial charge in [0.15, 0.2) is 17.5 Å². The summed E-state index contributed by atoms with van der Waals surface area (Å²) in [5, 5.41) is 8.58. The van der Waals surface area contributed by atoms with E-state index >= 15 is 0 Å². The van der Waals surface area contributed by atoms with Crippen LogP contribution in [0.5, 0.6) is 0 Å². The van der Waals surface area contributed by atoms with Gasteiger partial charge in [0, 0.05) is 11.5 Å². The van der Waals surface area contributed by atoms with Crippen LogP contribution in [0, 0.1) is 35.2 Å². The van der Waals surface area contributed by atoms with Crippen LogP contribution < -0.4 is 0 Å². The molecule has 0 radical (unpaired) electrons. The van der Waals surface area contributed by atoms with Gasteiger partial charge in [-0.15, -0.1) is 0 Å². The van der Waals surface area contributed by atoms with Crippen LogP contribution in [0.15, 0.2) is 52.7 Å². The van der Waals surface area contributed by atoms with Crippen LogP contribution in [0.2, 0.25) is 0 Å². The summed E-state index contributed by atoms with van der Waals surface area (Å²) in [7, 11) is 0. The molecule has 1 unspecified atom stereocenters. The molecule has 166 valence electrons. The van der Waals surface area contributed by atoms with E-state index in [0.717, 1.165) is 48.1 Å². The number of halogens is 3. The summed E-state index contributed by atoms with van der Waals surface area (Å²) >= 11 is 0. The van der Waals surface area contributed by atoms with Crippen molar-refractivity contribution < 1.29 is 13.2 Å². The summed E-state index contributed by atoms with van der Waals surface area (Å²) in [5.74, 6) is -2.07. The summed E-state index contributed by atoms with van der Waals surface area (Å²) in [6.07, 6.45) is 9.53. The van der Waals surface area contributed by atoms with Crippen LogP contribution in [0.25, 0.3) is 0 Å². The number of hydrogen-bond acceptors (Lipinski definition) is 2. The SMILES string of the molecule is CCCC(CC)C1CCC(C(=NN=Cc2cc(F)c(F)c(F)c2)c2ccccc2)CC1. The predicted molar refractivity (Wildman–Crippen MR) is 121 cm³/mol. The molecule has 0 bridgehead atoms. The largest absolute Gasteiger partial charge is 0.204 e. The Labute approximate surface area is 183 Å². The predicted octanol–water partition coefficient (Wildman–Crippen LogP) is 7.56. The molecule has 31 heavy (non-hydrogen) atoms. The van der Waals surface area contributed by atoms with Gasteiger partial charge >= 0.3 is 0 Å². The summed E-state index contributed by atoms with van der Waals surface area (Å²) in [5.41, 5.74) is 2.06. The first-order valence-corrected chi connectivity index (χ1v) is 11.3. The molecule has 2 aromatic rings. The molecule has 2 nitrogen and oxygen atoms in total. The van der Waals surface area contributed by atoms with E-state index in [4.69, 9.17) is 0 Å². The molecule has 1 saturated carbocycles. The van der Waals surface area contributed by atoms with Gasteiger partial charge < -0.3 is 0 Å². The van der Waals surface area contributed by atoms with Gasteiger partial charge in [-0.2, -0.15) is 10.2 Å². The highest BCUT2D eigenvalue weighted by molar-refractivity contribution is 6.02. The third-order valence-electron chi connectivity index (χ3n) is 6.46. The number of benzene rings is 2. The molecular weight excluding hydrogens is 397 g/mol. The second kappa shape index (κ2) is 11.3. The van der Waals surface area contributed by atoms with E-state index in [-0.39, 0.29) is 5.56 Å². The molecule has 0 aliphatic heterocycles. The van der Waals surface area contributed by atoms with Gasteiger partial charge in [0.2, 0.25) is 0 Å². The second-order valence-electron chi connectivity index (χ2n) is 8.46. The van der Waals surface area contributed by atoms with Crippen LogP contribution in [0.4, 0.5) is 13.2 Å². The minimum absolute atomic E-state index is 0.140. The fraction of sp³-hybridized carbons (Fsp3) is 0.462. The average molecular weight is 429 g/mol. The van der Waals surface area contributed by atoms with Crippen LogP contribution in [-0.4, -0.2) is 11.9 Å². The molecule has 0 N–H and O–H groups in total. The van der Waals surface area contributed by atoms with E-state index < -0.39 is 17.5 Å². The summed E-state index contributed by atoms with van der Waals surface area (Å²) in [4.78, 5) is 0. The van der Waals surface area contributed by atoms with Crippen molar-refractivity contribution in [1.29, 1.82) is 0 Å². The first-order valence-electron chi connectivity index (χ1n) is 11.3. The zero-order chi connectivity index (χ0) is 22.2. The van der Waals surface area contributed by atoms with Crippen molar-refractivity contribution in [2.24, 2.45) is 28.0 Å². The molecule has 0 heterocycles. The molecule has 3 rings (SSSR count). The molecular formula is C26H31F3N2. The molecule has 0 saturated heterocycles. The highest BCUT2D eigenvalue weighted by atomic mass is 19.2. The topological polar surface area (TPSA) is 24.7 Å². The third-order valence-corrected chi connectivity index (χ3v) is 6.46. The van der Waals surface area contributed by atoms with Crippen molar-refractivity contribution in [2.45, 2.75) is 58.8 Å². The first kappa shape index (κ1) is 23.2. The molecule has 1 aliphatic carbocycles. The van der Waals surface area contributed by atoms with Gasteiger partial charge in [0.1, 0.15) is 0 Å². The average Bonchev–Trinajstić information content (AvgIpc) is 2.79. The van der Waals surface area contributed by atoms with Crippen molar-refractivity contribution in [3.05, 3.63) is 71.0 Å². The van der Waals surface area contributed by atoms with Crippen molar-refractivity contribution in [2.75, 3.05) is 0 Å². The molecule has 1 atom stereocenters. The fourth-order valence-electron chi connectivity index (χ4n) is 4.80. The lowest BCUT2D eigenvalue weighted by atomic mass is 9.72. The molecule has 0 amide bonds. The van der Waals surface area contributed by atoms with Crippen LogP contribution in [-0.2, 0) is 0 Å². The van der Waals surface area contributed by atoms with E-state index in [9.17, 15) is 13.2 Å². The molecule has 1 aliphatic rings. The van der Waals surface area contributed by atoms with Gasteiger partial charge in [0.05, 0.1) is 11.9 Å². The zero-order valence-corrected chi connectivity index (χ0v) is 18.3. The molecule has 0 aromatic heterocycles. The number of rotatable bonds is 8. The van der Waals surface area contributed by atoms with Crippen LogP contribution >= 0.6 is 0 Å². The molecule has 0 spiro atoms. The Balaban J connectivity index is 1.79. The van der Waals surface area contributed by atoms with E-state index in [1.165, 1.54) is 38.3 Å². The van der Waals surface area contributed by atoms with E-state index in [1.807, 2.05) is 30.3 Å². The van der Waals surface area contributed by atoms with Gasteiger partial charge in [-0.25, -0.2) is 13.2 Å². The smallest absolute Gasteiger partial charge is 0.194 e. The van der Waals surface area contributed by atoms with Gasteiger partial charge in [-0.3, -0.25) is 0 Å². The highest BCUT2D eigenvalue weighted by Crippen LogP contribution is 2.38. The summed E-state index contributed by atoms with van der Waals surface area (Å²) in [6.45, 7) is 4.55. The second-order valence-corrected chi connectivity index (χ2v) is 8.46. The van der Waals surface area contributed by atoms with Crippen molar-refractivity contribution in [3.8, 4) is 0 Å². The Morgan fingerprint density at radius 2 is 1.65 bits per heavy atom.